The van der Waals surface area contributed by atoms with Crippen LogP contribution in [0.15, 0.2) is 69.1 Å². The molecule has 0 saturated heterocycles. The summed E-state index contributed by atoms with van der Waals surface area (Å²) < 4.78 is 15.4. The Kier molecular flexibility index (Phi) is 4.98. The van der Waals surface area contributed by atoms with Crippen LogP contribution in [0.3, 0.4) is 0 Å². The predicted molar refractivity (Wildman–Crippen MR) is 99.8 cm³/mol. The van der Waals surface area contributed by atoms with Gasteiger partial charge in [-0.15, -0.1) is 11.3 Å². The van der Waals surface area contributed by atoms with Crippen molar-refractivity contribution in [3.8, 4) is 11.7 Å². The van der Waals surface area contributed by atoms with E-state index in [1.165, 1.54) is 17.6 Å². The van der Waals surface area contributed by atoms with Gasteiger partial charge in [-0.05, 0) is 47.8 Å². The van der Waals surface area contributed by atoms with E-state index >= 15 is 0 Å². The van der Waals surface area contributed by atoms with Crippen LogP contribution >= 0.6 is 11.3 Å². The van der Waals surface area contributed by atoms with Crippen molar-refractivity contribution in [1.82, 2.24) is 10.1 Å². The molecule has 0 fully saturated rings. The van der Waals surface area contributed by atoms with E-state index in [1.54, 1.807) is 48.5 Å². The molecule has 0 saturated carbocycles. The van der Waals surface area contributed by atoms with E-state index in [-0.39, 0.29) is 24.2 Å². The second-order valence-corrected chi connectivity index (χ2v) is 6.53. The molecule has 3 aromatic heterocycles. The predicted octanol–water partition coefficient (Wildman–Crippen LogP) is 4.00. The fourth-order valence-corrected chi connectivity index (χ4v) is 2.94. The second kappa shape index (κ2) is 7.89. The largest absolute Gasteiger partial charge is 0.459 e. The van der Waals surface area contributed by atoms with E-state index in [2.05, 4.69) is 15.5 Å². The molecule has 8 nitrogen and oxygen atoms in total. The van der Waals surface area contributed by atoms with E-state index in [9.17, 15) is 9.59 Å². The van der Waals surface area contributed by atoms with Crippen LogP contribution in [0.2, 0.25) is 0 Å². The zero-order chi connectivity index (χ0) is 19.3. The molecule has 0 aliphatic carbocycles. The van der Waals surface area contributed by atoms with Crippen LogP contribution in [0.4, 0.5) is 5.69 Å². The van der Waals surface area contributed by atoms with Gasteiger partial charge in [0.1, 0.15) is 0 Å². The Morgan fingerprint density at radius 2 is 1.96 bits per heavy atom. The van der Waals surface area contributed by atoms with Gasteiger partial charge in [0.2, 0.25) is 5.82 Å². The molecule has 0 unspecified atom stereocenters. The summed E-state index contributed by atoms with van der Waals surface area (Å²) in [5.41, 5.74) is 0.917. The summed E-state index contributed by atoms with van der Waals surface area (Å²) in [6.07, 6.45) is 1.49. The molecular formula is C19H13N3O5S. The first-order valence-corrected chi connectivity index (χ1v) is 9.05. The Bertz CT molecular complexity index is 1070. The minimum atomic E-state index is -0.541. The third kappa shape index (κ3) is 3.99. The molecule has 0 spiro atoms. The molecular weight excluding hydrogens is 382 g/mol. The number of esters is 1. The summed E-state index contributed by atoms with van der Waals surface area (Å²) in [6, 6.07) is 13.3. The van der Waals surface area contributed by atoms with Crippen LogP contribution in [0.1, 0.15) is 25.9 Å². The minimum Gasteiger partial charge on any atom is -0.459 e. The lowest BCUT2D eigenvalue weighted by atomic mass is 10.2. The van der Waals surface area contributed by atoms with E-state index in [4.69, 9.17) is 13.7 Å². The number of benzene rings is 1. The van der Waals surface area contributed by atoms with E-state index in [0.717, 1.165) is 0 Å². The van der Waals surface area contributed by atoms with Gasteiger partial charge in [-0.2, -0.15) is 4.98 Å². The van der Waals surface area contributed by atoms with Crippen LogP contribution in [0, 0.1) is 0 Å². The summed E-state index contributed by atoms with van der Waals surface area (Å²) in [5, 5.41) is 8.33. The first kappa shape index (κ1) is 17.7. The smallest absolute Gasteiger partial charge is 0.338 e. The van der Waals surface area contributed by atoms with Gasteiger partial charge in [0.15, 0.2) is 12.4 Å². The van der Waals surface area contributed by atoms with Crippen molar-refractivity contribution in [2.24, 2.45) is 0 Å². The molecule has 0 atom stereocenters. The number of anilines is 1. The monoisotopic (exact) mass is 395 g/mol. The van der Waals surface area contributed by atoms with Gasteiger partial charge in [-0.3, -0.25) is 4.79 Å². The van der Waals surface area contributed by atoms with Gasteiger partial charge in [-0.1, -0.05) is 11.2 Å². The Balaban J connectivity index is 1.33. The molecule has 3 heterocycles. The van der Waals surface area contributed by atoms with Crippen molar-refractivity contribution in [3.63, 3.8) is 0 Å². The lowest BCUT2D eigenvalue weighted by Crippen LogP contribution is -2.10. The van der Waals surface area contributed by atoms with Crippen molar-refractivity contribution < 1.29 is 23.3 Å². The maximum Gasteiger partial charge on any atom is 0.338 e. The first-order valence-electron chi connectivity index (χ1n) is 8.17. The molecule has 0 aliphatic heterocycles. The molecule has 1 amide bonds. The van der Waals surface area contributed by atoms with Gasteiger partial charge >= 0.3 is 5.97 Å². The Hall–Kier alpha value is -3.72. The van der Waals surface area contributed by atoms with Crippen molar-refractivity contribution in [2.45, 2.75) is 6.61 Å². The Morgan fingerprint density at radius 1 is 1.11 bits per heavy atom. The van der Waals surface area contributed by atoms with Gasteiger partial charge in [-0.25, -0.2) is 4.79 Å². The van der Waals surface area contributed by atoms with E-state index in [0.29, 0.717) is 21.9 Å². The molecule has 4 aromatic rings. The number of furan rings is 1. The molecule has 28 heavy (non-hydrogen) atoms. The number of nitrogens with zero attached hydrogens (tertiary/aromatic N) is 2. The molecule has 1 aromatic carbocycles. The molecule has 1 N–H and O–H groups in total. The van der Waals surface area contributed by atoms with Gasteiger partial charge in [0, 0.05) is 5.69 Å². The number of hydrogen-bond acceptors (Lipinski definition) is 8. The van der Waals surface area contributed by atoms with Crippen LogP contribution in [0.5, 0.6) is 0 Å². The molecule has 9 heteroatoms. The van der Waals surface area contributed by atoms with Crippen LogP contribution in [-0.4, -0.2) is 22.0 Å². The summed E-state index contributed by atoms with van der Waals surface area (Å²) >= 11 is 1.35. The Morgan fingerprint density at radius 3 is 2.68 bits per heavy atom. The lowest BCUT2D eigenvalue weighted by Gasteiger charge is -2.05. The maximum absolute atomic E-state index is 12.2. The Labute approximate surface area is 162 Å². The summed E-state index contributed by atoms with van der Waals surface area (Å²) in [7, 11) is 0. The first-order chi connectivity index (χ1) is 13.7. The van der Waals surface area contributed by atoms with Crippen molar-refractivity contribution in [2.75, 3.05) is 5.32 Å². The van der Waals surface area contributed by atoms with Gasteiger partial charge < -0.3 is 19.0 Å². The number of amides is 1. The fourth-order valence-electron chi connectivity index (χ4n) is 2.32. The summed E-state index contributed by atoms with van der Waals surface area (Å²) in [6.45, 7) is -0.139. The molecule has 0 aliphatic rings. The molecule has 0 bridgehead atoms. The average molecular weight is 395 g/mol. The highest BCUT2D eigenvalue weighted by molar-refractivity contribution is 7.12. The maximum atomic E-state index is 12.2. The highest BCUT2D eigenvalue weighted by atomic mass is 32.1. The zero-order valence-electron chi connectivity index (χ0n) is 14.3. The third-order valence-corrected chi connectivity index (χ3v) is 4.52. The zero-order valence-corrected chi connectivity index (χ0v) is 15.1. The normalized spacial score (nSPS) is 10.6. The highest BCUT2D eigenvalue weighted by Gasteiger charge is 2.14. The number of aromatic nitrogens is 2. The summed E-state index contributed by atoms with van der Waals surface area (Å²) in [5.74, 6) is 0.127. The molecule has 4 rings (SSSR count). The topological polar surface area (TPSA) is 107 Å². The highest BCUT2D eigenvalue weighted by Crippen LogP contribution is 2.18. The quantitative estimate of drug-likeness (QED) is 0.492. The van der Waals surface area contributed by atoms with Crippen LogP contribution in [0.25, 0.3) is 11.7 Å². The number of thiophene rings is 1. The van der Waals surface area contributed by atoms with E-state index in [1.807, 2.05) is 5.38 Å². The van der Waals surface area contributed by atoms with Crippen LogP contribution < -0.4 is 5.32 Å². The third-order valence-electron chi connectivity index (χ3n) is 3.66. The minimum absolute atomic E-state index is 0.139. The average Bonchev–Trinajstić information content (AvgIpc) is 3.49. The number of rotatable bonds is 6. The number of carbonyl (C=O) groups is 2. The van der Waals surface area contributed by atoms with Crippen LogP contribution in [-0.2, 0) is 11.3 Å². The number of nitrogens with one attached hydrogen (secondary N) is 1. The van der Waals surface area contributed by atoms with Gasteiger partial charge in [0.25, 0.3) is 11.8 Å². The van der Waals surface area contributed by atoms with Crippen molar-refractivity contribution >= 4 is 28.9 Å². The molecule has 140 valence electrons. The lowest BCUT2D eigenvalue weighted by molar-refractivity contribution is 0.0459. The number of hydrogen-bond donors (Lipinski definition) is 1. The van der Waals surface area contributed by atoms with Crippen molar-refractivity contribution in [3.05, 3.63) is 76.4 Å². The van der Waals surface area contributed by atoms with Crippen molar-refractivity contribution in [1.29, 1.82) is 0 Å². The summed E-state index contributed by atoms with van der Waals surface area (Å²) in [4.78, 5) is 28.9. The standard InChI is InChI=1S/C19H13N3O5S/c23-17(15-4-2-10-28-15)20-13-7-5-12(6-8-13)19(24)26-11-16-21-18(27-22-16)14-3-1-9-25-14/h1-10H,11H2,(H,20,23). The number of ether oxygens (including phenoxy) is 1. The second-order valence-electron chi connectivity index (χ2n) is 5.58. The fraction of sp³-hybridized carbons (Fsp3) is 0.0526. The van der Waals surface area contributed by atoms with E-state index < -0.39 is 5.97 Å². The number of carbonyl (C=O) groups excluding carboxylic acids is 2. The SMILES string of the molecule is O=C(OCc1noc(-c2ccco2)n1)c1ccc(NC(=O)c2cccs2)cc1. The molecule has 0 radical (unpaired) electrons. The van der Waals surface area contributed by atoms with Gasteiger partial charge in [0.05, 0.1) is 16.7 Å².